The number of aryl methyl sites for hydroxylation is 2. The van der Waals surface area contributed by atoms with Gasteiger partial charge >= 0.3 is 5.97 Å². The molecule has 1 atom stereocenters. The summed E-state index contributed by atoms with van der Waals surface area (Å²) in [7, 11) is 1.88. The van der Waals surface area contributed by atoms with E-state index in [2.05, 4.69) is 31.3 Å². The van der Waals surface area contributed by atoms with Crippen LogP contribution in [0, 0.1) is 0 Å². The Labute approximate surface area is 201 Å². The van der Waals surface area contributed by atoms with E-state index < -0.39 is 0 Å². The van der Waals surface area contributed by atoms with E-state index in [1.807, 2.05) is 38.4 Å². The van der Waals surface area contributed by atoms with E-state index in [0.29, 0.717) is 24.7 Å². The highest BCUT2D eigenvalue weighted by Gasteiger charge is 2.29. The molecule has 0 fully saturated rings. The number of nitrogens with zero attached hydrogens (tertiary/aromatic N) is 5. The van der Waals surface area contributed by atoms with Crippen molar-refractivity contribution in [2.75, 3.05) is 6.61 Å². The van der Waals surface area contributed by atoms with Crippen molar-refractivity contribution in [3.8, 4) is 34.0 Å². The molecule has 1 aromatic carbocycles. The molecule has 1 unspecified atom stereocenters. The average molecular weight is 469 g/mol. The zero-order valence-corrected chi connectivity index (χ0v) is 19.5. The smallest absolute Gasteiger partial charge is 0.306 e. The summed E-state index contributed by atoms with van der Waals surface area (Å²) in [6.07, 6.45) is 9.49. The Morgan fingerprint density at radius 3 is 2.89 bits per heavy atom. The summed E-state index contributed by atoms with van der Waals surface area (Å²) in [6.45, 7) is 2.24. The van der Waals surface area contributed by atoms with Gasteiger partial charge in [0.2, 0.25) is 5.82 Å². The third kappa shape index (κ3) is 3.88. The molecule has 176 valence electrons. The van der Waals surface area contributed by atoms with Gasteiger partial charge in [-0.15, -0.1) is 0 Å². The quantitative estimate of drug-likeness (QED) is 0.361. The lowest BCUT2D eigenvalue weighted by Gasteiger charge is -2.08. The normalized spacial score (nSPS) is 15.0. The topological polar surface area (TPSA) is 112 Å². The monoisotopic (exact) mass is 468 g/mol. The fourth-order valence-electron chi connectivity index (χ4n) is 4.86. The molecule has 4 aromatic heterocycles. The zero-order valence-electron chi connectivity index (χ0n) is 19.5. The summed E-state index contributed by atoms with van der Waals surface area (Å²) in [5, 5.41) is 9.58. The van der Waals surface area contributed by atoms with Crippen LogP contribution in [-0.4, -0.2) is 42.5 Å². The van der Waals surface area contributed by atoms with Gasteiger partial charge in [-0.2, -0.15) is 10.1 Å². The van der Waals surface area contributed by atoms with E-state index in [9.17, 15) is 4.79 Å². The molecular weight excluding hydrogens is 444 g/mol. The third-order valence-electron chi connectivity index (χ3n) is 6.52. The summed E-state index contributed by atoms with van der Waals surface area (Å²) >= 11 is 0. The Morgan fingerprint density at radius 2 is 2.06 bits per heavy atom. The first kappa shape index (κ1) is 21.3. The fourth-order valence-corrected chi connectivity index (χ4v) is 4.86. The molecule has 4 heterocycles. The number of carbonyl (C=O) groups excluding carboxylic acids is 1. The van der Waals surface area contributed by atoms with Gasteiger partial charge in [-0.05, 0) is 49.6 Å². The van der Waals surface area contributed by atoms with E-state index >= 15 is 0 Å². The summed E-state index contributed by atoms with van der Waals surface area (Å²) < 4.78 is 12.5. The lowest BCUT2D eigenvalue weighted by atomic mass is 10.0. The van der Waals surface area contributed by atoms with Crippen molar-refractivity contribution in [3.63, 3.8) is 0 Å². The van der Waals surface area contributed by atoms with E-state index in [0.717, 1.165) is 51.7 Å². The van der Waals surface area contributed by atoms with Crippen LogP contribution in [0.25, 0.3) is 44.9 Å². The predicted molar refractivity (Wildman–Crippen MR) is 129 cm³/mol. The van der Waals surface area contributed by atoms with Crippen molar-refractivity contribution in [1.29, 1.82) is 0 Å². The lowest BCUT2D eigenvalue weighted by molar-refractivity contribution is -0.143. The van der Waals surface area contributed by atoms with Crippen LogP contribution in [0.2, 0.25) is 0 Å². The number of benzene rings is 1. The molecule has 35 heavy (non-hydrogen) atoms. The van der Waals surface area contributed by atoms with E-state index in [-0.39, 0.29) is 11.9 Å². The number of fused-ring (bicyclic) bond motifs is 3. The van der Waals surface area contributed by atoms with Gasteiger partial charge in [-0.3, -0.25) is 14.5 Å². The first-order chi connectivity index (χ1) is 17.1. The molecule has 1 aliphatic carbocycles. The maximum absolute atomic E-state index is 12.0. The number of aromatic nitrogens is 6. The molecule has 0 aliphatic heterocycles. The van der Waals surface area contributed by atoms with Crippen LogP contribution in [0.5, 0.6) is 0 Å². The van der Waals surface area contributed by atoms with Crippen LogP contribution in [0.3, 0.4) is 0 Å². The highest BCUT2D eigenvalue weighted by molar-refractivity contribution is 5.89. The molecule has 5 aromatic rings. The van der Waals surface area contributed by atoms with Gasteiger partial charge in [-0.25, -0.2) is 0 Å². The third-order valence-corrected chi connectivity index (χ3v) is 6.52. The average Bonchev–Trinajstić information content (AvgIpc) is 3.64. The number of esters is 1. The highest BCUT2D eigenvalue weighted by Crippen LogP contribution is 2.40. The Bertz CT molecular complexity index is 1550. The number of pyridine rings is 1. The minimum absolute atomic E-state index is 0.147. The van der Waals surface area contributed by atoms with Gasteiger partial charge in [0.25, 0.3) is 5.89 Å². The van der Waals surface area contributed by atoms with Crippen molar-refractivity contribution >= 4 is 16.9 Å². The number of aromatic amines is 1. The summed E-state index contributed by atoms with van der Waals surface area (Å²) in [6, 6.07) is 8.07. The highest BCUT2D eigenvalue weighted by atomic mass is 16.5. The summed E-state index contributed by atoms with van der Waals surface area (Å²) in [5.74, 6) is 0.944. The molecule has 9 nitrogen and oxygen atoms in total. The van der Waals surface area contributed by atoms with Crippen LogP contribution in [0.1, 0.15) is 36.9 Å². The van der Waals surface area contributed by atoms with Gasteiger partial charge in [0.15, 0.2) is 0 Å². The van der Waals surface area contributed by atoms with E-state index in [4.69, 9.17) is 9.26 Å². The van der Waals surface area contributed by atoms with Crippen molar-refractivity contribution in [1.82, 2.24) is 29.9 Å². The molecule has 1 aliphatic rings. The molecule has 0 amide bonds. The number of rotatable bonds is 6. The van der Waals surface area contributed by atoms with Gasteiger partial charge in [0, 0.05) is 64.8 Å². The number of H-pyrrole nitrogens is 1. The number of carbonyl (C=O) groups is 1. The lowest BCUT2D eigenvalue weighted by Crippen LogP contribution is -2.08. The van der Waals surface area contributed by atoms with Crippen molar-refractivity contribution in [2.24, 2.45) is 7.05 Å². The second kappa shape index (κ2) is 8.50. The minimum Gasteiger partial charge on any atom is -0.466 e. The van der Waals surface area contributed by atoms with E-state index in [1.165, 1.54) is 5.56 Å². The van der Waals surface area contributed by atoms with Crippen LogP contribution in [0.15, 0.2) is 53.6 Å². The maximum Gasteiger partial charge on any atom is 0.306 e. The zero-order chi connectivity index (χ0) is 23.9. The predicted octanol–water partition coefficient (Wildman–Crippen LogP) is 4.66. The molecule has 0 bridgehead atoms. The first-order valence-electron chi connectivity index (χ1n) is 11.7. The molecule has 1 N–H and O–H groups in total. The van der Waals surface area contributed by atoms with Gasteiger partial charge in [0.1, 0.15) is 0 Å². The Hall–Kier alpha value is -4.27. The van der Waals surface area contributed by atoms with Crippen molar-refractivity contribution < 1.29 is 14.1 Å². The second-order valence-electron chi connectivity index (χ2n) is 8.81. The Morgan fingerprint density at radius 1 is 1.17 bits per heavy atom. The standard InChI is InChI=1S/C26H24N6O3/c1-3-34-23(33)10-15-4-6-20-21-9-16(5-7-22(21)29-24(15)20)25-30-26(35-31-25)18-8-17(11-27-12-18)19-13-28-32(2)14-19/h5,7-9,11-15,29H,3-4,6,10H2,1-2H3. The SMILES string of the molecule is CCOC(=O)CC1CCc2c1[nH]c1ccc(-c3noc(-c4cncc(-c5cnn(C)c5)c4)n3)cc21. The first-order valence-corrected chi connectivity index (χ1v) is 11.7. The molecular formula is C26H24N6O3. The number of ether oxygens (including phenoxy) is 1. The number of nitrogens with one attached hydrogen (secondary N) is 1. The van der Waals surface area contributed by atoms with Crippen molar-refractivity contribution in [3.05, 3.63) is 60.3 Å². The molecule has 0 saturated carbocycles. The molecule has 6 rings (SSSR count). The fraction of sp³-hybridized carbons (Fsp3) is 0.269. The molecule has 0 spiro atoms. The molecule has 0 radical (unpaired) electrons. The van der Waals surface area contributed by atoms with Gasteiger partial charge in [-0.1, -0.05) is 5.16 Å². The summed E-state index contributed by atoms with van der Waals surface area (Å²) in [4.78, 5) is 24.5. The maximum atomic E-state index is 12.0. The second-order valence-corrected chi connectivity index (χ2v) is 8.81. The minimum atomic E-state index is -0.147. The largest absolute Gasteiger partial charge is 0.466 e. The number of hydrogen-bond acceptors (Lipinski definition) is 7. The Kier molecular flexibility index (Phi) is 5.17. The van der Waals surface area contributed by atoms with Crippen LogP contribution in [-0.2, 0) is 23.0 Å². The molecule has 0 saturated heterocycles. The van der Waals surface area contributed by atoms with Gasteiger partial charge in [0.05, 0.1) is 24.8 Å². The van der Waals surface area contributed by atoms with Crippen LogP contribution >= 0.6 is 0 Å². The van der Waals surface area contributed by atoms with Gasteiger partial charge < -0.3 is 14.2 Å². The van der Waals surface area contributed by atoms with Crippen LogP contribution < -0.4 is 0 Å². The molecule has 9 heteroatoms. The van der Waals surface area contributed by atoms with E-state index in [1.54, 1.807) is 23.3 Å². The summed E-state index contributed by atoms with van der Waals surface area (Å²) in [5.41, 5.74) is 6.96. The van der Waals surface area contributed by atoms with Crippen molar-refractivity contribution in [2.45, 2.75) is 32.1 Å². The number of hydrogen-bond donors (Lipinski definition) is 1. The Balaban J connectivity index is 1.29. The van der Waals surface area contributed by atoms with Crippen LogP contribution in [0.4, 0.5) is 0 Å².